The molecule has 0 atom stereocenters. The maximum atomic E-state index is 12.4. The lowest BCUT2D eigenvalue weighted by atomic mass is 10.2. The summed E-state index contributed by atoms with van der Waals surface area (Å²) in [5.41, 5.74) is 2.08. The summed E-state index contributed by atoms with van der Waals surface area (Å²) in [4.78, 5) is 14.7. The summed E-state index contributed by atoms with van der Waals surface area (Å²) < 4.78 is 10.4. The zero-order valence-electron chi connectivity index (χ0n) is 13.1. The van der Waals surface area contributed by atoms with Crippen LogP contribution >= 0.6 is 0 Å². The highest BCUT2D eigenvalue weighted by Crippen LogP contribution is 2.24. The number of carbonyl (C=O) groups is 1. The highest BCUT2D eigenvalue weighted by molar-refractivity contribution is 6.03. The van der Waals surface area contributed by atoms with Gasteiger partial charge in [0.15, 0.2) is 11.5 Å². The predicted octanol–water partition coefficient (Wildman–Crippen LogP) is 3.79. The van der Waals surface area contributed by atoms with E-state index in [2.05, 4.69) is 21.4 Å². The van der Waals surface area contributed by atoms with Gasteiger partial charge in [0.1, 0.15) is 0 Å². The Morgan fingerprint density at radius 3 is 2.75 bits per heavy atom. The van der Waals surface area contributed by atoms with Crippen LogP contribution in [0.25, 0.3) is 11.5 Å². The number of furan rings is 1. The van der Waals surface area contributed by atoms with Crippen molar-refractivity contribution in [3.05, 3.63) is 54.4 Å². The number of hydrogen-bond donors (Lipinski definition) is 1. The van der Waals surface area contributed by atoms with E-state index in [1.54, 1.807) is 24.5 Å². The van der Waals surface area contributed by atoms with Crippen molar-refractivity contribution in [3.8, 4) is 11.5 Å². The topological polar surface area (TPSA) is 71.5 Å². The number of aromatic nitrogens is 1. The molecule has 0 bridgehead atoms. The summed E-state index contributed by atoms with van der Waals surface area (Å²) >= 11 is 0. The molecule has 1 aliphatic heterocycles. The molecule has 0 spiro atoms. The molecule has 6 heteroatoms. The van der Waals surface area contributed by atoms with Gasteiger partial charge in [0, 0.05) is 30.5 Å². The van der Waals surface area contributed by atoms with Gasteiger partial charge >= 0.3 is 0 Å². The van der Waals surface area contributed by atoms with E-state index >= 15 is 0 Å². The molecular formula is C18H17N3O3. The summed E-state index contributed by atoms with van der Waals surface area (Å²) in [7, 11) is 0. The smallest absolute Gasteiger partial charge is 0.277 e. The third-order valence-electron chi connectivity index (χ3n) is 4.08. The molecule has 122 valence electrons. The average molecular weight is 323 g/mol. The zero-order chi connectivity index (χ0) is 16.4. The van der Waals surface area contributed by atoms with Crippen LogP contribution in [0.1, 0.15) is 23.3 Å². The van der Waals surface area contributed by atoms with E-state index < -0.39 is 0 Å². The molecule has 1 amide bonds. The van der Waals surface area contributed by atoms with Crippen LogP contribution in [0.15, 0.2) is 57.7 Å². The van der Waals surface area contributed by atoms with Crippen molar-refractivity contribution in [2.75, 3.05) is 23.3 Å². The maximum Gasteiger partial charge on any atom is 0.277 e. The quantitative estimate of drug-likeness (QED) is 0.791. The molecule has 1 saturated heterocycles. The summed E-state index contributed by atoms with van der Waals surface area (Å²) in [6, 6.07) is 12.9. The first-order chi connectivity index (χ1) is 11.8. The highest BCUT2D eigenvalue weighted by atomic mass is 16.5. The van der Waals surface area contributed by atoms with Gasteiger partial charge in [-0.25, -0.2) is 0 Å². The predicted molar refractivity (Wildman–Crippen MR) is 90.0 cm³/mol. The molecule has 2 aromatic heterocycles. The van der Waals surface area contributed by atoms with Crippen molar-refractivity contribution in [2.24, 2.45) is 0 Å². The van der Waals surface area contributed by atoms with Crippen LogP contribution in [0.5, 0.6) is 0 Å². The van der Waals surface area contributed by atoms with Crippen LogP contribution in [0, 0.1) is 0 Å². The fraction of sp³-hybridized carbons (Fsp3) is 0.222. The summed E-state index contributed by atoms with van der Waals surface area (Å²) in [6.45, 7) is 2.13. The van der Waals surface area contributed by atoms with Crippen LogP contribution in [0.3, 0.4) is 0 Å². The minimum absolute atomic E-state index is 0.216. The van der Waals surface area contributed by atoms with E-state index in [9.17, 15) is 4.79 Å². The van der Waals surface area contributed by atoms with Crippen molar-refractivity contribution in [3.63, 3.8) is 0 Å². The van der Waals surface area contributed by atoms with E-state index in [4.69, 9.17) is 8.94 Å². The molecular weight excluding hydrogens is 306 g/mol. The Hall–Kier alpha value is -3.02. The van der Waals surface area contributed by atoms with Gasteiger partial charge in [0.2, 0.25) is 5.76 Å². The van der Waals surface area contributed by atoms with E-state index in [1.807, 2.05) is 18.2 Å². The Morgan fingerprint density at radius 1 is 1.08 bits per heavy atom. The largest absolute Gasteiger partial charge is 0.461 e. The fourth-order valence-corrected chi connectivity index (χ4v) is 2.87. The van der Waals surface area contributed by atoms with Crippen LogP contribution in [0.4, 0.5) is 11.4 Å². The second-order valence-electron chi connectivity index (χ2n) is 5.75. The Labute approximate surface area is 139 Å². The summed E-state index contributed by atoms with van der Waals surface area (Å²) in [5, 5.41) is 6.67. The second-order valence-corrected chi connectivity index (χ2v) is 5.75. The number of hydrogen-bond acceptors (Lipinski definition) is 5. The van der Waals surface area contributed by atoms with Gasteiger partial charge < -0.3 is 19.2 Å². The number of rotatable bonds is 4. The molecule has 1 fully saturated rings. The summed E-state index contributed by atoms with van der Waals surface area (Å²) in [5.74, 6) is 0.656. The van der Waals surface area contributed by atoms with Gasteiger partial charge in [-0.05, 0) is 43.2 Å². The first kappa shape index (κ1) is 14.6. The van der Waals surface area contributed by atoms with Crippen molar-refractivity contribution in [2.45, 2.75) is 12.8 Å². The van der Waals surface area contributed by atoms with Gasteiger partial charge in [0.25, 0.3) is 5.91 Å². The number of benzene rings is 1. The fourth-order valence-electron chi connectivity index (χ4n) is 2.87. The standard InChI is InChI=1S/C18H17N3O3/c22-18(15-12-17(24-20-15)16-7-4-10-23-16)19-13-5-3-6-14(11-13)21-8-1-2-9-21/h3-7,10-12H,1-2,8-9H2,(H,19,22). The minimum atomic E-state index is -0.310. The Morgan fingerprint density at radius 2 is 1.96 bits per heavy atom. The van der Waals surface area contributed by atoms with Crippen molar-refractivity contribution in [1.82, 2.24) is 5.16 Å². The third-order valence-corrected chi connectivity index (χ3v) is 4.08. The van der Waals surface area contributed by atoms with Crippen LogP contribution in [-0.2, 0) is 0 Å². The van der Waals surface area contributed by atoms with Crippen molar-refractivity contribution < 1.29 is 13.7 Å². The van der Waals surface area contributed by atoms with E-state index in [0.717, 1.165) is 24.5 Å². The van der Waals surface area contributed by atoms with Crippen molar-refractivity contribution >= 4 is 17.3 Å². The monoisotopic (exact) mass is 323 g/mol. The number of amides is 1. The van der Waals surface area contributed by atoms with Gasteiger partial charge in [-0.3, -0.25) is 4.79 Å². The number of nitrogens with zero attached hydrogens (tertiary/aromatic N) is 2. The number of nitrogens with one attached hydrogen (secondary N) is 1. The Kier molecular flexibility index (Phi) is 3.78. The zero-order valence-corrected chi connectivity index (χ0v) is 13.1. The average Bonchev–Trinajstić information content (AvgIpc) is 3.36. The lowest BCUT2D eigenvalue weighted by Gasteiger charge is -2.18. The van der Waals surface area contributed by atoms with E-state index in [1.165, 1.54) is 12.8 Å². The first-order valence-corrected chi connectivity index (χ1v) is 7.96. The number of carbonyl (C=O) groups excluding carboxylic acids is 1. The molecule has 3 heterocycles. The van der Waals surface area contributed by atoms with Crippen LogP contribution in [-0.4, -0.2) is 24.2 Å². The highest BCUT2D eigenvalue weighted by Gasteiger charge is 2.16. The first-order valence-electron chi connectivity index (χ1n) is 7.96. The van der Waals surface area contributed by atoms with E-state index in [-0.39, 0.29) is 11.6 Å². The Balaban J connectivity index is 1.49. The normalized spacial score (nSPS) is 14.1. The molecule has 1 aromatic carbocycles. The molecule has 0 unspecified atom stereocenters. The molecule has 6 nitrogen and oxygen atoms in total. The molecule has 1 aliphatic rings. The lowest BCUT2D eigenvalue weighted by molar-refractivity contribution is 0.101. The van der Waals surface area contributed by atoms with Gasteiger partial charge in [-0.1, -0.05) is 11.2 Å². The van der Waals surface area contributed by atoms with E-state index in [0.29, 0.717) is 11.5 Å². The molecule has 0 radical (unpaired) electrons. The van der Waals surface area contributed by atoms with Crippen LogP contribution in [0.2, 0.25) is 0 Å². The summed E-state index contributed by atoms with van der Waals surface area (Å²) in [6.07, 6.45) is 3.97. The molecule has 24 heavy (non-hydrogen) atoms. The van der Waals surface area contributed by atoms with Gasteiger partial charge in [-0.15, -0.1) is 0 Å². The molecule has 4 rings (SSSR count). The van der Waals surface area contributed by atoms with Gasteiger partial charge in [0.05, 0.1) is 6.26 Å². The molecule has 3 aromatic rings. The molecule has 0 aliphatic carbocycles. The minimum Gasteiger partial charge on any atom is -0.461 e. The third kappa shape index (κ3) is 2.90. The second kappa shape index (κ2) is 6.23. The maximum absolute atomic E-state index is 12.4. The van der Waals surface area contributed by atoms with Gasteiger partial charge in [-0.2, -0.15) is 0 Å². The lowest BCUT2D eigenvalue weighted by Crippen LogP contribution is -2.18. The SMILES string of the molecule is O=C(Nc1cccc(N2CCCC2)c1)c1cc(-c2ccco2)on1. The van der Waals surface area contributed by atoms with Crippen LogP contribution < -0.4 is 10.2 Å². The molecule has 1 N–H and O–H groups in total. The number of anilines is 2. The molecule has 0 saturated carbocycles. The Bertz CT molecular complexity index is 833. The van der Waals surface area contributed by atoms with Crippen molar-refractivity contribution in [1.29, 1.82) is 0 Å².